The smallest absolute Gasteiger partial charge is 0.872 e. The van der Waals surface area contributed by atoms with Gasteiger partial charge in [0.15, 0.2) is 0 Å². The third-order valence-electron chi connectivity index (χ3n) is 7.95. The number of aliphatic imine (C=N–C) groups is 2. The molecule has 7 rings (SSSR count). The van der Waals surface area contributed by atoms with E-state index in [1.165, 1.54) is 26.4 Å². The van der Waals surface area contributed by atoms with Crippen LogP contribution in [0.2, 0.25) is 0 Å². The molecule has 0 aliphatic heterocycles. The zero-order valence-electron chi connectivity index (χ0n) is 36.9. The Morgan fingerprint density at radius 2 is 0.868 bits per heavy atom. The van der Waals surface area contributed by atoms with E-state index in [1.54, 1.807) is 87.2 Å². The predicted octanol–water partition coefficient (Wildman–Crippen LogP) is 5.83. The van der Waals surface area contributed by atoms with Crippen LogP contribution in [-0.2, 0) is 13.1 Å². The molecule has 0 saturated heterocycles. The molecule has 0 fully saturated rings. The Balaban J connectivity index is 0. The molecule has 1 heterocycles. The summed E-state index contributed by atoms with van der Waals surface area (Å²) in [4.78, 5) is 28.8. The minimum absolute atomic E-state index is 0. The van der Waals surface area contributed by atoms with E-state index < -0.39 is 10.2 Å². The van der Waals surface area contributed by atoms with Crippen molar-refractivity contribution >= 4 is 34.0 Å². The molecule has 21 heteroatoms. The monoisotopic (exact) mass is 1230 g/mol. The van der Waals surface area contributed by atoms with Crippen LogP contribution in [0.15, 0.2) is 150 Å². The van der Waals surface area contributed by atoms with Gasteiger partial charge >= 0.3 is 76.3 Å². The van der Waals surface area contributed by atoms with Crippen molar-refractivity contribution in [1.29, 1.82) is 0 Å². The van der Waals surface area contributed by atoms with Gasteiger partial charge < -0.3 is 70.8 Å². The quantitative estimate of drug-likeness (QED) is 0.103. The van der Waals surface area contributed by atoms with Gasteiger partial charge in [0.25, 0.3) is 0 Å². The van der Waals surface area contributed by atoms with Gasteiger partial charge in [-0.05, 0) is 81.9 Å². The molecule has 7 aromatic rings. The summed E-state index contributed by atoms with van der Waals surface area (Å²) in [5, 5.41) is 96.6. The summed E-state index contributed by atoms with van der Waals surface area (Å²) in [5.41, 5.74) is 2.15. The number of pyridine rings is 1. The number of hydrogen-bond acceptors (Lipinski definition) is 17. The van der Waals surface area contributed by atoms with Crippen molar-refractivity contribution in [3.05, 3.63) is 193 Å². The summed E-state index contributed by atoms with van der Waals surface area (Å²) in [6.45, 7) is 4.28. The van der Waals surface area contributed by atoms with E-state index in [1.807, 2.05) is 66.7 Å². The maximum Gasteiger partial charge on any atom is 3.00 e. The van der Waals surface area contributed by atoms with E-state index in [0.717, 1.165) is 21.5 Å². The van der Waals surface area contributed by atoms with Crippen molar-refractivity contribution in [3.8, 4) is 34.5 Å². The predicted molar refractivity (Wildman–Crippen MR) is 245 cm³/mol. The summed E-state index contributed by atoms with van der Waals surface area (Å²) in [5.74, 6) is 0.0838. The first-order valence-electron chi connectivity index (χ1n) is 19.4. The van der Waals surface area contributed by atoms with E-state index in [4.69, 9.17) is 50.3 Å². The number of fused-ring (bicyclic) bond motifs is 2. The molecule has 0 spiro atoms. The summed E-state index contributed by atoms with van der Waals surface area (Å²) < 4.78 is 10.0. The number of aliphatic hydroxyl groups is 2. The molecule has 68 heavy (non-hydrogen) atoms. The normalized spacial score (nSPS) is 9.50. The fourth-order valence-electron chi connectivity index (χ4n) is 5.29. The average molecular weight is 1230 g/mol. The molecule has 6 aromatic carbocycles. The van der Waals surface area contributed by atoms with Crippen molar-refractivity contribution in [2.24, 2.45) is 9.98 Å². The minimum atomic E-state index is -1.75. The molecule has 0 saturated carbocycles. The zero-order chi connectivity index (χ0) is 49.3. The van der Waals surface area contributed by atoms with Crippen molar-refractivity contribution in [2.75, 3.05) is 27.4 Å². The molecule has 0 unspecified atom stereocenters. The van der Waals surface area contributed by atoms with E-state index in [-0.39, 0.29) is 126 Å². The fourth-order valence-corrected chi connectivity index (χ4v) is 5.29. The zero-order valence-corrected chi connectivity index (χ0v) is 41.0. The van der Waals surface area contributed by atoms with Crippen LogP contribution < -0.4 is 29.9 Å². The number of benzene rings is 6. The van der Waals surface area contributed by atoms with Crippen LogP contribution >= 0.6 is 0 Å². The molecular formula is C47H47Dy2N5O14. The summed E-state index contributed by atoms with van der Waals surface area (Å²) in [6.07, 6.45) is 6.59. The third-order valence-corrected chi connectivity index (χ3v) is 7.95. The SMILES string of the molecule is CCO.CCO.COc1cccc(CN=Cc2c([O-])ccc3ccccc23)c1[O-].COc1cccc(CN=Cc2c([O-])ccc3ccccc23)c1[O-].O=[N+]([O-])[O-].O=[N+]([O-])[O-].[Dy+3].[Dy+3].c1ccncc1. The molecule has 0 amide bonds. The summed E-state index contributed by atoms with van der Waals surface area (Å²) in [6, 6.07) is 37.9. The van der Waals surface area contributed by atoms with E-state index in [0.29, 0.717) is 33.8 Å². The van der Waals surface area contributed by atoms with Crippen LogP contribution in [0.3, 0.4) is 0 Å². The Morgan fingerprint density at radius 3 is 1.16 bits per heavy atom. The second kappa shape index (κ2) is 38.0. The first-order chi connectivity index (χ1) is 31.7. The Kier molecular flexibility index (Phi) is 35.8. The molecule has 19 nitrogen and oxygen atoms in total. The van der Waals surface area contributed by atoms with Crippen LogP contribution in [0.5, 0.6) is 34.5 Å². The van der Waals surface area contributed by atoms with Gasteiger partial charge in [-0.3, -0.25) is 15.0 Å². The van der Waals surface area contributed by atoms with Crippen molar-refractivity contribution in [2.45, 2.75) is 26.9 Å². The first kappa shape index (κ1) is 64.1. The van der Waals surface area contributed by atoms with Gasteiger partial charge in [-0.15, -0.1) is 0 Å². The van der Waals surface area contributed by atoms with E-state index in [2.05, 4.69) is 15.0 Å². The Hall–Kier alpha value is -6.00. The van der Waals surface area contributed by atoms with Gasteiger partial charge in [0, 0.05) is 38.0 Å². The summed E-state index contributed by atoms with van der Waals surface area (Å²) in [7, 11) is 2.92. The van der Waals surface area contributed by atoms with Crippen molar-refractivity contribution in [3.63, 3.8) is 0 Å². The number of para-hydroxylation sites is 2. The van der Waals surface area contributed by atoms with E-state index in [9.17, 15) is 20.4 Å². The van der Waals surface area contributed by atoms with Gasteiger partial charge in [-0.2, -0.15) is 0 Å². The van der Waals surface area contributed by atoms with Crippen LogP contribution in [0, 0.1) is 107 Å². The van der Waals surface area contributed by atoms with Gasteiger partial charge in [0.05, 0.1) is 37.5 Å². The minimum Gasteiger partial charge on any atom is -0.872 e. The number of methoxy groups -OCH3 is 2. The Morgan fingerprint density at radius 1 is 0.529 bits per heavy atom. The molecule has 0 bridgehead atoms. The number of ether oxygens (including phenoxy) is 2. The van der Waals surface area contributed by atoms with Crippen LogP contribution in [0.4, 0.5) is 0 Å². The number of nitrogens with zero attached hydrogens (tertiary/aromatic N) is 5. The van der Waals surface area contributed by atoms with Crippen LogP contribution in [0.25, 0.3) is 21.5 Å². The molecule has 0 aliphatic rings. The van der Waals surface area contributed by atoms with Crippen molar-refractivity contribution < 1.29 is 127 Å². The Bertz CT molecular complexity index is 2380. The largest absolute Gasteiger partial charge is 3.00 e. The topological polar surface area (TPSA) is 321 Å². The van der Waals surface area contributed by atoms with Gasteiger partial charge in [0.1, 0.15) is 11.5 Å². The maximum atomic E-state index is 12.1. The molecule has 0 atom stereocenters. The van der Waals surface area contributed by atoms with Crippen LogP contribution in [-0.4, -0.2) is 65.2 Å². The molecule has 2 N–H and O–H groups in total. The molecular weight excluding hydrogens is 1180 g/mol. The second-order valence-corrected chi connectivity index (χ2v) is 12.3. The first-order valence-corrected chi connectivity index (χ1v) is 19.4. The molecule has 2 radical (unpaired) electrons. The number of hydrogen-bond donors (Lipinski definition) is 2. The van der Waals surface area contributed by atoms with Gasteiger partial charge in [0.2, 0.25) is 0 Å². The van der Waals surface area contributed by atoms with Crippen LogP contribution in [0.1, 0.15) is 36.1 Å². The number of aromatic nitrogens is 1. The van der Waals surface area contributed by atoms with Crippen molar-refractivity contribution in [1.82, 2.24) is 4.98 Å². The summed E-state index contributed by atoms with van der Waals surface area (Å²) >= 11 is 0. The number of aliphatic hydroxyl groups excluding tert-OH is 2. The average Bonchev–Trinajstić information content (AvgIpc) is 3.30. The molecule has 1 aromatic heterocycles. The standard InChI is InChI=1S/2C19H17NO3.C5H5N.2C2H6O.2Dy.2NO3/c2*1-23-18-8-4-6-14(19(18)22)11-20-12-16-15-7-3-2-5-13(15)9-10-17(16)21;1-2-4-6-5-3-1;2*1-2-3;;;2*2-1(3)4/h2*2-10,12,21-22H,11H2,1H3;1-5H;2*3H,2H2,1H3;;;;/q;;;;;2*+3;2*-1/p-4. The number of rotatable bonds is 8. The van der Waals surface area contributed by atoms with E-state index >= 15 is 0 Å². The molecule has 364 valence electrons. The Labute approximate surface area is 453 Å². The fraction of sp³-hybridized carbons (Fsp3) is 0.170. The van der Waals surface area contributed by atoms with Gasteiger partial charge in [-0.25, -0.2) is 0 Å². The second-order valence-electron chi connectivity index (χ2n) is 12.3. The maximum absolute atomic E-state index is 12.1. The van der Waals surface area contributed by atoms with Gasteiger partial charge in [-0.1, -0.05) is 126 Å². The molecule has 0 aliphatic carbocycles. The third kappa shape index (κ3) is 24.7.